The minimum atomic E-state index is -3.62. The first-order chi connectivity index (χ1) is 23.5. The predicted octanol–water partition coefficient (Wildman–Crippen LogP) is 8.19. The quantitative estimate of drug-likeness (QED) is 0.105. The number of rotatable bonds is 14. The Hall–Kier alpha value is -4.27. The van der Waals surface area contributed by atoms with Crippen LogP contribution in [0.4, 0.5) is 0 Å². The number of nitrogens with one attached hydrogen (secondary N) is 1. The lowest BCUT2D eigenvalue weighted by molar-refractivity contribution is -0.162. The highest BCUT2D eigenvalue weighted by Crippen LogP contribution is 2.39. The average molecular weight is 698 g/mol. The molecule has 0 bridgehead atoms. The third-order valence-corrected chi connectivity index (χ3v) is 10.2. The summed E-state index contributed by atoms with van der Waals surface area (Å²) in [6.07, 6.45) is 0.308. The summed E-state index contributed by atoms with van der Waals surface area (Å²) in [4.78, 5) is 28.3. The minimum Gasteiger partial charge on any atom is -0.460 e. The molecule has 1 unspecified atom stereocenters. The zero-order valence-electron chi connectivity index (χ0n) is 30.3. The number of aryl methyl sites for hydroxylation is 1. The van der Waals surface area contributed by atoms with Crippen molar-refractivity contribution in [2.75, 3.05) is 5.75 Å². The van der Waals surface area contributed by atoms with E-state index in [0.29, 0.717) is 0 Å². The lowest BCUT2D eigenvalue weighted by Gasteiger charge is -2.42. The largest absolute Gasteiger partial charge is 0.460 e. The van der Waals surface area contributed by atoms with Gasteiger partial charge in [0.2, 0.25) is 0 Å². The highest BCUT2D eigenvalue weighted by atomic mass is 32.2. The van der Waals surface area contributed by atoms with E-state index in [4.69, 9.17) is 9.47 Å². The Morgan fingerprint density at radius 1 is 0.660 bits per heavy atom. The first-order valence-corrected chi connectivity index (χ1v) is 18.8. The van der Waals surface area contributed by atoms with Gasteiger partial charge in [-0.25, -0.2) is 8.42 Å². The molecule has 1 N–H and O–H groups in total. The molecule has 8 heteroatoms. The Bertz CT molecular complexity index is 1700. The van der Waals surface area contributed by atoms with Crippen LogP contribution in [0, 0.1) is 12.8 Å². The van der Waals surface area contributed by atoms with Gasteiger partial charge in [-0.2, -0.15) is 0 Å². The number of hydrogen-bond donors (Lipinski definition) is 1. The molecule has 0 amide bonds. The Morgan fingerprint density at radius 3 is 1.52 bits per heavy atom. The second-order valence-electron chi connectivity index (χ2n) is 14.8. The maximum absolute atomic E-state index is 14.5. The van der Waals surface area contributed by atoms with E-state index in [2.05, 4.69) is 5.32 Å². The number of carbonyl (C=O) groups excluding carboxylic acids is 2. The molecule has 2 atom stereocenters. The molecule has 0 spiro atoms. The van der Waals surface area contributed by atoms with E-state index in [1.807, 2.05) is 97.9 Å². The number of carbonyl (C=O) groups is 2. The van der Waals surface area contributed by atoms with Crippen molar-refractivity contribution in [3.63, 3.8) is 0 Å². The van der Waals surface area contributed by atoms with Crippen molar-refractivity contribution in [1.29, 1.82) is 0 Å². The fourth-order valence-electron chi connectivity index (χ4n) is 6.17. The number of benzene rings is 4. The molecule has 0 saturated carbocycles. The molecule has 4 aromatic carbocycles. The molecule has 50 heavy (non-hydrogen) atoms. The standard InChI is InChI=1S/C42H51NO6S/c1-31-25-27-36(28-26-31)50(46,47)29-17-18-32(30-37(44)48-40(2,3)4)38(39(45)49-41(5,6)7)43-42(33-19-11-8-12-20-33,34-21-13-9-14-22-34)35-23-15-10-16-24-35/h8-16,19-28,32,38,43H,17-18,29-30H2,1-7H3/t32?,38-/m0/s1. The molecule has 4 aromatic rings. The number of ether oxygens (including phenoxy) is 2. The van der Waals surface area contributed by atoms with E-state index < -0.39 is 50.5 Å². The van der Waals surface area contributed by atoms with Crippen LogP contribution in [0.1, 0.15) is 83.1 Å². The zero-order chi connectivity index (χ0) is 36.6. The van der Waals surface area contributed by atoms with Crippen LogP contribution in [-0.2, 0) is 34.4 Å². The highest BCUT2D eigenvalue weighted by molar-refractivity contribution is 7.91. The monoisotopic (exact) mass is 697 g/mol. The maximum Gasteiger partial charge on any atom is 0.324 e. The summed E-state index contributed by atoms with van der Waals surface area (Å²) in [6, 6.07) is 35.3. The summed E-state index contributed by atoms with van der Waals surface area (Å²) >= 11 is 0. The second kappa shape index (κ2) is 16.2. The fourth-order valence-corrected chi connectivity index (χ4v) is 7.50. The van der Waals surface area contributed by atoms with Crippen LogP contribution in [0.5, 0.6) is 0 Å². The van der Waals surface area contributed by atoms with Gasteiger partial charge in [-0.15, -0.1) is 0 Å². The van der Waals surface area contributed by atoms with Crippen LogP contribution in [0.2, 0.25) is 0 Å². The van der Waals surface area contributed by atoms with Gasteiger partial charge in [0, 0.05) is 0 Å². The van der Waals surface area contributed by atoms with Gasteiger partial charge in [0.25, 0.3) is 0 Å². The summed E-state index contributed by atoms with van der Waals surface area (Å²) in [6.45, 7) is 12.7. The first-order valence-electron chi connectivity index (χ1n) is 17.2. The van der Waals surface area contributed by atoms with Gasteiger partial charge in [0.15, 0.2) is 9.84 Å². The van der Waals surface area contributed by atoms with Gasteiger partial charge in [-0.05, 0) is 96.0 Å². The van der Waals surface area contributed by atoms with Gasteiger partial charge in [-0.3, -0.25) is 14.9 Å². The molecule has 0 aliphatic carbocycles. The van der Waals surface area contributed by atoms with Crippen molar-refractivity contribution in [3.05, 3.63) is 138 Å². The van der Waals surface area contributed by atoms with Crippen LogP contribution in [0.15, 0.2) is 120 Å². The smallest absolute Gasteiger partial charge is 0.324 e. The van der Waals surface area contributed by atoms with Crippen LogP contribution < -0.4 is 5.32 Å². The van der Waals surface area contributed by atoms with E-state index in [1.165, 1.54) is 0 Å². The van der Waals surface area contributed by atoms with Crippen LogP contribution in [-0.4, -0.2) is 43.4 Å². The SMILES string of the molecule is Cc1ccc(S(=O)(=O)CCCC(CC(=O)OC(C)(C)C)[C@H](NC(c2ccccc2)(c2ccccc2)c2ccccc2)C(=O)OC(C)(C)C)cc1. The summed E-state index contributed by atoms with van der Waals surface area (Å²) < 4.78 is 38.7. The molecular formula is C42H51NO6S. The van der Waals surface area contributed by atoms with Crippen molar-refractivity contribution in [3.8, 4) is 0 Å². The van der Waals surface area contributed by atoms with Crippen molar-refractivity contribution in [1.82, 2.24) is 5.32 Å². The summed E-state index contributed by atoms with van der Waals surface area (Å²) in [5, 5.41) is 3.76. The van der Waals surface area contributed by atoms with E-state index >= 15 is 0 Å². The Labute approximate surface area is 298 Å². The molecule has 0 fully saturated rings. The number of hydrogen-bond acceptors (Lipinski definition) is 7. The van der Waals surface area contributed by atoms with Gasteiger partial charge >= 0.3 is 11.9 Å². The molecule has 0 aliphatic heterocycles. The van der Waals surface area contributed by atoms with E-state index in [1.54, 1.807) is 65.8 Å². The van der Waals surface area contributed by atoms with Gasteiger partial charge in [0.1, 0.15) is 17.2 Å². The Balaban J connectivity index is 1.86. The second-order valence-corrected chi connectivity index (χ2v) is 16.9. The lowest BCUT2D eigenvalue weighted by Crippen LogP contribution is -2.56. The molecule has 0 radical (unpaired) electrons. The lowest BCUT2D eigenvalue weighted by atomic mass is 9.75. The molecule has 0 heterocycles. The van der Waals surface area contributed by atoms with Gasteiger partial charge in [-0.1, -0.05) is 109 Å². The zero-order valence-corrected chi connectivity index (χ0v) is 31.1. The third kappa shape index (κ3) is 10.4. The van der Waals surface area contributed by atoms with Crippen molar-refractivity contribution in [2.24, 2.45) is 5.92 Å². The molecule has 0 aromatic heterocycles. The summed E-state index contributed by atoms with van der Waals surface area (Å²) in [5.74, 6) is -1.87. The first kappa shape index (κ1) is 38.5. The van der Waals surface area contributed by atoms with Gasteiger partial charge < -0.3 is 9.47 Å². The number of esters is 2. The van der Waals surface area contributed by atoms with E-state index in [0.717, 1.165) is 22.3 Å². The van der Waals surface area contributed by atoms with Crippen molar-refractivity contribution >= 4 is 21.8 Å². The average Bonchev–Trinajstić information content (AvgIpc) is 3.05. The number of sulfone groups is 1. The fraction of sp³-hybridized carbons (Fsp3) is 0.381. The molecule has 0 aliphatic rings. The van der Waals surface area contributed by atoms with Crippen LogP contribution >= 0.6 is 0 Å². The summed E-state index contributed by atoms with van der Waals surface area (Å²) in [7, 11) is -3.62. The molecule has 4 rings (SSSR count). The van der Waals surface area contributed by atoms with E-state index in [9.17, 15) is 18.0 Å². The normalized spacial score (nSPS) is 13.7. The van der Waals surface area contributed by atoms with Crippen LogP contribution in [0.3, 0.4) is 0 Å². The predicted molar refractivity (Wildman–Crippen MR) is 198 cm³/mol. The topological polar surface area (TPSA) is 98.8 Å². The molecule has 7 nitrogen and oxygen atoms in total. The third-order valence-electron chi connectivity index (χ3n) is 8.34. The Kier molecular flexibility index (Phi) is 12.5. The Morgan fingerprint density at radius 2 is 1.10 bits per heavy atom. The van der Waals surface area contributed by atoms with Crippen molar-refractivity contribution in [2.45, 2.75) is 95.4 Å². The molecular weight excluding hydrogens is 647 g/mol. The highest BCUT2D eigenvalue weighted by Gasteiger charge is 2.44. The maximum atomic E-state index is 14.5. The molecule has 0 saturated heterocycles. The van der Waals surface area contributed by atoms with Gasteiger partial charge in [0.05, 0.1) is 22.6 Å². The minimum absolute atomic E-state index is 0.132. The van der Waals surface area contributed by atoms with Crippen LogP contribution in [0.25, 0.3) is 0 Å². The summed E-state index contributed by atoms with van der Waals surface area (Å²) in [5.41, 5.74) is 0.943. The van der Waals surface area contributed by atoms with E-state index in [-0.39, 0.29) is 29.9 Å². The van der Waals surface area contributed by atoms with Crippen molar-refractivity contribution < 1.29 is 27.5 Å². The molecule has 266 valence electrons.